The number of para-hydroxylation sites is 1. The van der Waals surface area contributed by atoms with E-state index in [0.29, 0.717) is 31.2 Å². The van der Waals surface area contributed by atoms with Crippen LogP contribution in [0, 0.1) is 0 Å². The van der Waals surface area contributed by atoms with E-state index in [1.807, 2.05) is 37.3 Å². The number of hydrogen-bond donors (Lipinski definition) is 3. The van der Waals surface area contributed by atoms with Crippen molar-refractivity contribution < 1.29 is 9.59 Å². The van der Waals surface area contributed by atoms with E-state index >= 15 is 0 Å². The molecule has 28 heavy (non-hydrogen) atoms. The van der Waals surface area contributed by atoms with Crippen LogP contribution in [0.4, 0.5) is 11.4 Å². The summed E-state index contributed by atoms with van der Waals surface area (Å²) in [6, 6.07) is 13.0. The lowest BCUT2D eigenvalue weighted by Gasteiger charge is -2.19. The molecule has 1 aliphatic rings. The second-order valence-electron chi connectivity index (χ2n) is 6.37. The van der Waals surface area contributed by atoms with Crippen molar-refractivity contribution in [2.24, 2.45) is 4.99 Å². The monoisotopic (exact) mass is 380 g/mol. The Kier molecular flexibility index (Phi) is 6.56. The molecule has 1 unspecified atom stereocenters. The predicted octanol–water partition coefficient (Wildman–Crippen LogP) is 1.38. The Labute approximate surface area is 164 Å². The van der Waals surface area contributed by atoms with E-state index in [0.717, 1.165) is 5.69 Å². The maximum atomic E-state index is 12.3. The first kappa shape index (κ1) is 19.3. The van der Waals surface area contributed by atoms with Gasteiger partial charge >= 0.3 is 0 Å². The number of pyridine rings is 1. The molecule has 3 N–H and O–H groups in total. The van der Waals surface area contributed by atoms with Crippen molar-refractivity contribution in [3.05, 3.63) is 54.9 Å². The summed E-state index contributed by atoms with van der Waals surface area (Å²) in [6.07, 6.45) is 3.59. The smallest absolute Gasteiger partial charge is 0.246 e. The molecule has 2 heterocycles. The standard InChI is InChI=1S/C20H24N6O2/c1-2-22-20(23-13-18(27)24-15-7-6-10-21-12-15)25-16-11-19(28)26(14-16)17-8-4-3-5-9-17/h3-10,12,16H,2,11,13-14H2,1H3,(H,24,27)(H2,22,23,25). The van der Waals surface area contributed by atoms with Crippen LogP contribution in [0.1, 0.15) is 13.3 Å². The highest BCUT2D eigenvalue weighted by atomic mass is 16.2. The molecule has 0 bridgehead atoms. The molecular formula is C20H24N6O2. The summed E-state index contributed by atoms with van der Waals surface area (Å²) >= 11 is 0. The van der Waals surface area contributed by atoms with E-state index in [2.05, 4.69) is 25.9 Å². The van der Waals surface area contributed by atoms with E-state index in [4.69, 9.17) is 0 Å². The van der Waals surface area contributed by atoms with Gasteiger partial charge in [-0.05, 0) is 31.2 Å². The molecule has 0 saturated carbocycles. The zero-order chi connectivity index (χ0) is 19.8. The van der Waals surface area contributed by atoms with Crippen LogP contribution in [0.3, 0.4) is 0 Å². The molecule has 1 aromatic heterocycles. The van der Waals surface area contributed by atoms with Gasteiger partial charge in [0.2, 0.25) is 11.8 Å². The number of carbonyl (C=O) groups excluding carboxylic acids is 2. The number of aliphatic imine (C=N–C) groups is 1. The largest absolute Gasteiger partial charge is 0.357 e. The van der Waals surface area contributed by atoms with Gasteiger partial charge in [0.15, 0.2) is 5.96 Å². The number of hydrogen-bond acceptors (Lipinski definition) is 4. The summed E-state index contributed by atoms with van der Waals surface area (Å²) < 4.78 is 0. The second-order valence-corrected chi connectivity index (χ2v) is 6.37. The maximum absolute atomic E-state index is 12.3. The number of nitrogens with zero attached hydrogens (tertiary/aromatic N) is 3. The summed E-state index contributed by atoms with van der Waals surface area (Å²) in [6.45, 7) is 3.12. The third-order valence-electron chi connectivity index (χ3n) is 4.20. The van der Waals surface area contributed by atoms with Crippen molar-refractivity contribution in [2.45, 2.75) is 19.4 Å². The van der Waals surface area contributed by atoms with Crippen molar-refractivity contribution in [1.29, 1.82) is 0 Å². The molecule has 146 valence electrons. The first-order valence-corrected chi connectivity index (χ1v) is 9.26. The number of carbonyl (C=O) groups is 2. The Morgan fingerprint density at radius 3 is 2.79 bits per heavy atom. The van der Waals surface area contributed by atoms with Gasteiger partial charge < -0.3 is 20.9 Å². The zero-order valence-corrected chi connectivity index (χ0v) is 15.8. The highest BCUT2D eigenvalue weighted by molar-refractivity contribution is 5.97. The fraction of sp³-hybridized carbons (Fsp3) is 0.300. The number of aromatic nitrogens is 1. The Morgan fingerprint density at radius 2 is 2.07 bits per heavy atom. The fourth-order valence-electron chi connectivity index (χ4n) is 2.96. The van der Waals surface area contributed by atoms with Crippen LogP contribution in [0.2, 0.25) is 0 Å². The van der Waals surface area contributed by atoms with E-state index in [1.165, 1.54) is 0 Å². The second kappa shape index (κ2) is 9.50. The van der Waals surface area contributed by atoms with Crippen LogP contribution in [-0.4, -0.2) is 48.4 Å². The molecule has 0 radical (unpaired) electrons. The lowest BCUT2D eigenvalue weighted by Crippen LogP contribution is -2.45. The van der Waals surface area contributed by atoms with Gasteiger partial charge in [0.25, 0.3) is 0 Å². The number of amides is 2. The average molecular weight is 380 g/mol. The summed E-state index contributed by atoms with van der Waals surface area (Å²) in [5.74, 6) is 0.337. The molecule has 2 aromatic rings. The molecule has 1 aromatic carbocycles. The Hall–Kier alpha value is -3.42. The minimum Gasteiger partial charge on any atom is -0.357 e. The molecule has 2 amide bonds. The van der Waals surface area contributed by atoms with E-state index in [-0.39, 0.29) is 24.4 Å². The van der Waals surface area contributed by atoms with E-state index in [1.54, 1.807) is 29.4 Å². The van der Waals surface area contributed by atoms with Crippen molar-refractivity contribution in [1.82, 2.24) is 15.6 Å². The molecule has 0 spiro atoms. The third kappa shape index (κ3) is 5.29. The molecule has 1 aliphatic heterocycles. The van der Waals surface area contributed by atoms with Crippen LogP contribution in [-0.2, 0) is 9.59 Å². The Bertz CT molecular complexity index is 825. The van der Waals surface area contributed by atoms with E-state index < -0.39 is 0 Å². The fourth-order valence-corrected chi connectivity index (χ4v) is 2.96. The van der Waals surface area contributed by atoms with Gasteiger partial charge in [-0.1, -0.05) is 18.2 Å². The minimum absolute atomic E-state index is 0.0344. The van der Waals surface area contributed by atoms with Gasteiger partial charge in [-0.15, -0.1) is 0 Å². The lowest BCUT2D eigenvalue weighted by molar-refractivity contribution is -0.117. The molecule has 1 saturated heterocycles. The number of nitrogens with one attached hydrogen (secondary N) is 3. The number of benzene rings is 1. The number of rotatable bonds is 6. The molecule has 1 fully saturated rings. The van der Waals surface area contributed by atoms with Crippen LogP contribution in [0.5, 0.6) is 0 Å². The van der Waals surface area contributed by atoms with Crippen molar-refractivity contribution >= 4 is 29.1 Å². The van der Waals surface area contributed by atoms with Gasteiger partial charge in [-0.2, -0.15) is 0 Å². The maximum Gasteiger partial charge on any atom is 0.246 e. The highest BCUT2D eigenvalue weighted by Gasteiger charge is 2.31. The number of anilines is 2. The van der Waals surface area contributed by atoms with Crippen LogP contribution in [0.25, 0.3) is 0 Å². The molecule has 8 nitrogen and oxygen atoms in total. The van der Waals surface area contributed by atoms with Crippen LogP contribution < -0.4 is 20.9 Å². The third-order valence-corrected chi connectivity index (χ3v) is 4.20. The van der Waals surface area contributed by atoms with Crippen LogP contribution >= 0.6 is 0 Å². The van der Waals surface area contributed by atoms with E-state index in [9.17, 15) is 9.59 Å². The zero-order valence-electron chi connectivity index (χ0n) is 15.8. The summed E-state index contributed by atoms with van der Waals surface area (Å²) in [4.78, 5) is 34.5. The van der Waals surface area contributed by atoms with Crippen molar-refractivity contribution in [2.75, 3.05) is 29.9 Å². The molecule has 8 heteroatoms. The van der Waals surface area contributed by atoms with Crippen molar-refractivity contribution in [3.63, 3.8) is 0 Å². The molecule has 3 rings (SSSR count). The molecule has 1 atom stereocenters. The minimum atomic E-state index is -0.237. The normalized spacial score (nSPS) is 16.8. The lowest BCUT2D eigenvalue weighted by atomic mass is 10.2. The molecule has 0 aliphatic carbocycles. The van der Waals surface area contributed by atoms with Gasteiger partial charge in [0.05, 0.1) is 17.9 Å². The Balaban J connectivity index is 1.57. The first-order chi connectivity index (χ1) is 13.7. The van der Waals surface area contributed by atoms with Gasteiger partial charge in [0, 0.05) is 31.4 Å². The first-order valence-electron chi connectivity index (χ1n) is 9.26. The Morgan fingerprint density at radius 1 is 1.25 bits per heavy atom. The molecular weight excluding hydrogens is 356 g/mol. The van der Waals surface area contributed by atoms with Gasteiger partial charge in [-0.3, -0.25) is 14.6 Å². The number of guanidine groups is 1. The quantitative estimate of drug-likeness (QED) is 0.519. The van der Waals surface area contributed by atoms with Crippen molar-refractivity contribution in [3.8, 4) is 0 Å². The highest BCUT2D eigenvalue weighted by Crippen LogP contribution is 2.20. The summed E-state index contributed by atoms with van der Waals surface area (Å²) in [5, 5.41) is 9.11. The summed E-state index contributed by atoms with van der Waals surface area (Å²) in [5.41, 5.74) is 1.51. The average Bonchev–Trinajstić information content (AvgIpc) is 3.08. The van der Waals surface area contributed by atoms with Gasteiger partial charge in [0.1, 0.15) is 6.54 Å². The predicted molar refractivity (Wildman–Crippen MR) is 109 cm³/mol. The van der Waals surface area contributed by atoms with Gasteiger partial charge in [-0.25, -0.2) is 4.99 Å². The summed E-state index contributed by atoms with van der Waals surface area (Å²) in [7, 11) is 0. The SMILES string of the molecule is CCNC(=NCC(=O)Nc1cccnc1)NC1CC(=O)N(c2ccccc2)C1. The topological polar surface area (TPSA) is 98.7 Å². The van der Waals surface area contributed by atoms with Crippen LogP contribution in [0.15, 0.2) is 59.9 Å².